The largest absolute Gasteiger partial charge is 0.271 e. The van der Waals surface area contributed by atoms with Crippen LogP contribution < -0.4 is 11.3 Å². The lowest BCUT2D eigenvalue weighted by Crippen LogP contribution is -2.30. The van der Waals surface area contributed by atoms with Crippen molar-refractivity contribution < 1.29 is 13.2 Å². The third kappa shape index (κ3) is 3.58. The van der Waals surface area contributed by atoms with Crippen LogP contribution in [0.3, 0.4) is 0 Å². The summed E-state index contributed by atoms with van der Waals surface area (Å²) in [6, 6.07) is 5.63. The Morgan fingerprint density at radius 3 is 2.52 bits per heavy atom. The van der Waals surface area contributed by atoms with Crippen molar-refractivity contribution in [3.05, 3.63) is 68.4 Å². The molecule has 0 aliphatic carbocycles. The average Bonchev–Trinajstić information content (AvgIpc) is 2.45. The molecule has 0 aliphatic rings. The zero-order valence-electron chi connectivity index (χ0n) is 10.6. The number of nitrogens with two attached hydrogens (primary N) is 1. The smallest absolute Gasteiger partial charge is 0.142 e. The van der Waals surface area contributed by atoms with E-state index in [4.69, 9.17) is 17.4 Å². The predicted molar refractivity (Wildman–Crippen MR) is 79.2 cm³/mol. The summed E-state index contributed by atoms with van der Waals surface area (Å²) in [5.74, 6) is 3.55. The van der Waals surface area contributed by atoms with Crippen LogP contribution in [0.4, 0.5) is 13.2 Å². The van der Waals surface area contributed by atoms with Crippen molar-refractivity contribution in [1.29, 1.82) is 0 Å². The van der Waals surface area contributed by atoms with Crippen LogP contribution in [0.15, 0.2) is 34.8 Å². The first kappa shape index (κ1) is 16.3. The predicted octanol–water partition coefficient (Wildman–Crippen LogP) is 4.27. The molecule has 3 N–H and O–H groups in total. The molecule has 0 radical (unpaired) electrons. The fourth-order valence-electron chi connectivity index (χ4n) is 1.99. The molecule has 21 heavy (non-hydrogen) atoms. The first-order chi connectivity index (χ1) is 9.93. The number of halogens is 5. The molecule has 0 heterocycles. The van der Waals surface area contributed by atoms with Gasteiger partial charge in [0.25, 0.3) is 0 Å². The summed E-state index contributed by atoms with van der Waals surface area (Å²) in [6.07, 6.45) is 0.173. The summed E-state index contributed by atoms with van der Waals surface area (Å²) in [5.41, 5.74) is 3.01. The van der Waals surface area contributed by atoms with Gasteiger partial charge < -0.3 is 0 Å². The van der Waals surface area contributed by atoms with Gasteiger partial charge in [-0.05, 0) is 46.1 Å². The SMILES string of the molecule is NNC(Cc1cccc(F)c1Br)c1cc(F)c(Cl)cc1F. The Labute approximate surface area is 133 Å². The Bertz CT molecular complexity index is 667. The topological polar surface area (TPSA) is 38.0 Å². The maximum Gasteiger partial charge on any atom is 0.142 e. The van der Waals surface area contributed by atoms with Crippen LogP contribution in [0.1, 0.15) is 17.2 Å². The van der Waals surface area contributed by atoms with E-state index in [-0.39, 0.29) is 21.5 Å². The fourth-order valence-corrected chi connectivity index (χ4v) is 2.57. The Morgan fingerprint density at radius 1 is 1.14 bits per heavy atom. The maximum absolute atomic E-state index is 13.9. The molecule has 0 fully saturated rings. The molecule has 2 aromatic carbocycles. The Hall–Kier alpha value is -1.08. The summed E-state index contributed by atoms with van der Waals surface area (Å²) in [6.45, 7) is 0. The van der Waals surface area contributed by atoms with Crippen molar-refractivity contribution in [2.24, 2.45) is 5.84 Å². The van der Waals surface area contributed by atoms with E-state index in [0.29, 0.717) is 5.56 Å². The van der Waals surface area contributed by atoms with E-state index in [0.717, 1.165) is 12.1 Å². The second kappa shape index (κ2) is 6.79. The van der Waals surface area contributed by atoms with Crippen LogP contribution in [0.5, 0.6) is 0 Å². The first-order valence-electron chi connectivity index (χ1n) is 5.97. The minimum atomic E-state index is -0.744. The van der Waals surface area contributed by atoms with Crippen molar-refractivity contribution in [3.8, 4) is 0 Å². The zero-order valence-corrected chi connectivity index (χ0v) is 13.0. The summed E-state index contributed by atoms with van der Waals surface area (Å²) in [5, 5.41) is -0.307. The van der Waals surface area contributed by atoms with Crippen LogP contribution in [0, 0.1) is 17.5 Å². The van der Waals surface area contributed by atoms with Gasteiger partial charge in [-0.25, -0.2) is 13.2 Å². The Morgan fingerprint density at radius 2 is 1.86 bits per heavy atom. The van der Waals surface area contributed by atoms with Crippen LogP contribution in [0.2, 0.25) is 5.02 Å². The van der Waals surface area contributed by atoms with Crippen LogP contribution >= 0.6 is 27.5 Å². The van der Waals surface area contributed by atoms with Gasteiger partial charge in [0.1, 0.15) is 17.5 Å². The minimum absolute atomic E-state index is 0.0237. The van der Waals surface area contributed by atoms with E-state index in [9.17, 15) is 13.2 Å². The molecule has 112 valence electrons. The maximum atomic E-state index is 13.9. The van der Waals surface area contributed by atoms with Crippen LogP contribution in [-0.2, 0) is 6.42 Å². The highest BCUT2D eigenvalue weighted by molar-refractivity contribution is 9.10. The Kier molecular flexibility index (Phi) is 5.27. The molecule has 0 amide bonds. The van der Waals surface area contributed by atoms with Crippen LogP contribution in [-0.4, -0.2) is 0 Å². The van der Waals surface area contributed by atoms with E-state index in [2.05, 4.69) is 21.4 Å². The lowest BCUT2D eigenvalue weighted by atomic mass is 9.98. The number of nitrogens with one attached hydrogen (secondary N) is 1. The van der Waals surface area contributed by atoms with E-state index < -0.39 is 23.5 Å². The van der Waals surface area contributed by atoms with Gasteiger partial charge in [-0.15, -0.1) is 0 Å². The molecule has 0 saturated carbocycles. The summed E-state index contributed by atoms with van der Waals surface area (Å²) >= 11 is 8.64. The Balaban J connectivity index is 2.37. The summed E-state index contributed by atoms with van der Waals surface area (Å²) < 4.78 is 41.2. The highest BCUT2D eigenvalue weighted by Gasteiger charge is 2.19. The lowest BCUT2D eigenvalue weighted by Gasteiger charge is -2.18. The number of rotatable bonds is 4. The van der Waals surface area contributed by atoms with Crippen LogP contribution in [0.25, 0.3) is 0 Å². The molecule has 2 nitrogen and oxygen atoms in total. The fraction of sp³-hybridized carbons (Fsp3) is 0.143. The third-order valence-electron chi connectivity index (χ3n) is 3.07. The number of benzene rings is 2. The molecule has 1 atom stereocenters. The number of hydrogen-bond donors (Lipinski definition) is 2. The van der Waals surface area contributed by atoms with Gasteiger partial charge in [0.05, 0.1) is 15.5 Å². The molecule has 0 bridgehead atoms. The molecule has 0 spiro atoms. The second-order valence-electron chi connectivity index (χ2n) is 4.42. The molecule has 2 aromatic rings. The van der Waals surface area contributed by atoms with Gasteiger partial charge in [0.2, 0.25) is 0 Å². The van der Waals surface area contributed by atoms with Crippen molar-refractivity contribution in [3.63, 3.8) is 0 Å². The summed E-state index contributed by atoms with van der Waals surface area (Å²) in [7, 11) is 0. The molecule has 0 aliphatic heterocycles. The number of hydrogen-bond acceptors (Lipinski definition) is 2. The molecular weight excluding hydrogens is 369 g/mol. The van der Waals surface area contributed by atoms with E-state index >= 15 is 0 Å². The standard InChI is InChI=1S/C14H11BrClF3N2/c15-14-7(2-1-3-10(14)17)4-13(21-20)8-5-12(19)9(16)6-11(8)18/h1-3,5-6,13,21H,4,20H2. The average molecular weight is 380 g/mol. The van der Waals surface area contributed by atoms with Gasteiger partial charge in [0.15, 0.2) is 0 Å². The molecule has 0 aromatic heterocycles. The van der Waals surface area contributed by atoms with Crippen molar-refractivity contribution in [2.75, 3.05) is 0 Å². The second-order valence-corrected chi connectivity index (χ2v) is 5.62. The molecule has 0 saturated heterocycles. The summed E-state index contributed by atoms with van der Waals surface area (Å²) in [4.78, 5) is 0. The van der Waals surface area contributed by atoms with Gasteiger partial charge in [-0.1, -0.05) is 23.7 Å². The van der Waals surface area contributed by atoms with E-state index in [1.54, 1.807) is 6.07 Å². The minimum Gasteiger partial charge on any atom is -0.271 e. The lowest BCUT2D eigenvalue weighted by molar-refractivity contribution is 0.500. The van der Waals surface area contributed by atoms with Gasteiger partial charge >= 0.3 is 0 Å². The molecule has 1 unspecified atom stereocenters. The van der Waals surface area contributed by atoms with Crippen molar-refractivity contribution >= 4 is 27.5 Å². The van der Waals surface area contributed by atoms with Crippen molar-refractivity contribution in [1.82, 2.24) is 5.43 Å². The number of hydrazine groups is 1. The highest BCUT2D eigenvalue weighted by Crippen LogP contribution is 2.29. The van der Waals surface area contributed by atoms with Gasteiger partial charge in [-0.2, -0.15) is 0 Å². The van der Waals surface area contributed by atoms with E-state index in [1.807, 2.05) is 0 Å². The zero-order chi connectivity index (χ0) is 15.6. The van der Waals surface area contributed by atoms with E-state index in [1.165, 1.54) is 12.1 Å². The molecule has 2 rings (SSSR count). The third-order valence-corrected chi connectivity index (χ3v) is 4.25. The van der Waals surface area contributed by atoms with Crippen molar-refractivity contribution in [2.45, 2.75) is 12.5 Å². The normalized spacial score (nSPS) is 12.5. The van der Waals surface area contributed by atoms with Gasteiger partial charge in [-0.3, -0.25) is 11.3 Å². The molecular formula is C14H11BrClF3N2. The quantitative estimate of drug-likeness (QED) is 0.473. The van der Waals surface area contributed by atoms with Gasteiger partial charge in [0, 0.05) is 5.56 Å². The first-order valence-corrected chi connectivity index (χ1v) is 7.14. The monoisotopic (exact) mass is 378 g/mol. The highest BCUT2D eigenvalue weighted by atomic mass is 79.9. The molecule has 7 heteroatoms.